The molecule has 0 spiro atoms. The van der Waals surface area contributed by atoms with Gasteiger partial charge in [0.1, 0.15) is 0 Å². The Labute approximate surface area is 135 Å². The first-order valence-electron chi connectivity index (χ1n) is 5.76. The molecule has 0 saturated carbocycles. The van der Waals surface area contributed by atoms with Gasteiger partial charge in [0.2, 0.25) is 5.75 Å². The minimum Gasteiger partial charge on any atom is -0.418 e. The van der Waals surface area contributed by atoms with Crippen LogP contribution in [0.15, 0.2) is 18.2 Å². The molecule has 22 heavy (non-hydrogen) atoms. The van der Waals surface area contributed by atoms with Gasteiger partial charge >= 0.3 is 19.1 Å². The molecule has 1 aromatic carbocycles. The number of benzene rings is 1. The van der Waals surface area contributed by atoms with Gasteiger partial charge in [-0.3, -0.25) is 20.2 Å². The van der Waals surface area contributed by atoms with Crippen LogP contribution in [-0.2, 0) is 9.13 Å². The lowest BCUT2D eigenvalue weighted by molar-refractivity contribution is -0.385. The highest BCUT2D eigenvalue weighted by molar-refractivity contribution is 8.85. The highest BCUT2D eigenvalue weighted by Gasteiger charge is 2.37. The van der Waals surface area contributed by atoms with Crippen LogP contribution in [0.4, 0.5) is 5.69 Å². The SMILES string of the molecule is CC(C)NP(=O)(Oc1ccc(Cl)cc1[N+](=O)[O-])SP(N)(=O)O. The van der Waals surface area contributed by atoms with Gasteiger partial charge in [0.25, 0.3) is 0 Å². The summed E-state index contributed by atoms with van der Waals surface area (Å²) in [6.07, 6.45) is 0. The predicted octanol–water partition coefficient (Wildman–Crippen LogP) is 3.53. The Morgan fingerprint density at radius 3 is 2.55 bits per heavy atom. The van der Waals surface area contributed by atoms with Gasteiger partial charge in [-0.2, -0.15) is 0 Å². The van der Waals surface area contributed by atoms with E-state index in [1.807, 2.05) is 0 Å². The quantitative estimate of drug-likeness (QED) is 0.362. The van der Waals surface area contributed by atoms with E-state index in [2.05, 4.69) is 5.09 Å². The van der Waals surface area contributed by atoms with Gasteiger partial charge < -0.3 is 9.42 Å². The van der Waals surface area contributed by atoms with Crippen LogP contribution >= 0.6 is 36.0 Å². The second kappa shape index (κ2) is 7.31. The van der Waals surface area contributed by atoms with E-state index >= 15 is 0 Å². The minimum atomic E-state index is -4.26. The lowest BCUT2D eigenvalue weighted by atomic mass is 10.3. The molecule has 4 N–H and O–H groups in total. The van der Waals surface area contributed by atoms with Gasteiger partial charge in [-0.1, -0.05) is 11.6 Å². The molecule has 124 valence electrons. The highest BCUT2D eigenvalue weighted by Crippen LogP contribution is 2.71. The Bertz CT molecular complexity index is 667. The molecule has 2 unspecified atom stereocenters. The van der Waals surface area contributed by atoms with Crippen molar-refractivity contribution >= 4 is 41.7 Å². The number of nitrogens with two attached hydrogens (primary N) is 1. The molecule has 0 aliphatic carbocycles. The van der Waals surface area contributed by atoms with Crippen LogP contribution in [0.25, 0.3) is 0 Å². The van der Waals surface area contributed by atoms with Crippen LogP contribution in [0.1, 0.15) is 13.8 Å². The summed E-state index contributed by atoms with van der Waals surface area (Å²) in [5.41, 5.74) is 4.48. The third-order valence-corrected chi connectivity index (χ3v) is 9.86. The molecule has 0 aliphatic rings. The lowest BCUT2D eigenvalue weighted by Gasteiger charge is -2.21. The first-order chi connectivity index (χ1) is 9.92. The standard InChI is InChI=1S/C9H14ClN3O6P2S/c1-6(2)12-21(18,22-20(11,16)17)19-9-4-3-7(10)5-8(9)13(14)15/h3-6H,1-2H3,(H,12,18)(H3,11,16,17). The molecule has 0 fully saturated rings. The summed E-state index contributed by atoms with van der Waals surface area (Å²) in [6, 6.07) is 3.07. The average molecular weight is 390 g/mol. The van der Waals surface area contributed by atoms with Crippen LogP contribution < -0.4 is 15.1 Å². The summed E-state index contributed by atoms with van der Waals surface area (Å²) in [5.74, 6) is -0.355. The smallest absolute Gasteiger partial charge is 0.385 e. The lowest BCUT2D eigenvalue weighted by Crippen LogP contribution is -2.21. The first-order valence-corrected chi connectivity index (χ1v) is 11.5. The van der Waals surface area contributed by atoms with Crippen LogP contribution in [0.5, 0.6) is 5.75 Å². The Morgan fingerprint density at radius 1 is 1.50 bits per heavy atom. The van der Waals surface area contributed by atoms with Crippen molar-refractivity contribution in [3.8, 4) is 5.75 Å². The van der Waals surface area contributed by atoms with Crippen molar-refractivity contribution in [3.63, 3.8) is 0 Å². The topological polar surface area (TPSA) is 145 Å². The maximum absolute atomic E-state index is 12.6. The molecular formula is C9H14ClN3O6P2S. The summed E-state index contributed by atoms with van der Waals surface area (Å²) < 4.78 is 29.1. The monoisotopic (exact) mass is 389 g/mol. The molecule has 2 atom stereocenters. The van der Waals surface area contributed by atoms with E-state index in [0.29, 0.717) is 0 Å². The molecule has 13 heteroatoms. The number of nitro groups is 1. The second-order valence-corrected chi connectivity index (χ2v) is 12.5. The van der Waals surface area contributed by atoms with Gasteiger partial charge in [0.15, 0.2) is 0 Å². The fourth-order valence-electron chi connectivity index (χ4n) is 1.38. The number of halogens is 1. The van der Waals surface area contributed by atoms with Gasteiger partial charge in [-0.05, 0) is 26.0 Å². The highest BCUT2D eigenvalue weighted by atomic mass is 35.5. The van der Waals surface area contributed by atoms with Gasteiger partial charge in [0.05, 0.1) is 15.9 Å². The Morgan fingerprint density at radius 2 is 2.09 bits per heavy atom. The fraction of sp³-hybridized carbons (Fsp3) is 0.333. The maximum Gasteiger partial charge on any atom is 0.385 e. The van der Waals surface area contributed by atoms with Crippen molar-refractivity contribution < 1.29 is 23.5 Å². The summed E-state index contributed by atoms with van der Waals surface area (Å²) in [7, 11) is 0. The van der Waals surface area contributed by atoms with Crippen molar-refractivity contribution in [2.45, 2.75) is 19.9 Å². The third-order valence-electron chi connectivity index (χ3n) is 1.98. The van der Waals surface area contributed by atoms with E-state index in [1.54, 1.807) is 13.8 Å². The number of rotatable bonds is 7. The molecule has 1 rings (SSSR count). The number of hydrogen-bond acceptors (Lipinski definition) is 6. The number of nitrogens with zero attached hydrogens (tertiary/aromatic N) is 1. The van der Waals surface area contributed by atoms with Crippen molar-refractivity contribution in [1.29, 1.82) is 0 Å². The molecule has 0 heterocycles. The second-order valence-electron chi connectivity index (χ2n) is 4.39. The molecule has 0 amide bonds. The molecule has 0 radical (unpaired) electrons. The average Bonchev–Trinajstić information content (AvgIpc) is 2.27. The van der Waals surface area contributed by atoms with E-state index < -0.39 is 30.1 Å². The van der Waals surface area contributed by atoms with Crippen LogP contribution in [-0.4, -0.2) is 15.9 Å². The van der Waals surface area contributed by atoms with Crippen LogP contribution in [0, 0.1) is 10.1 Å². The summed E-state index contributed by atoms with van der Waals surface area (Å²) in [6.45, 7) is -5.04. The largest absolute Gasteiger partial charge is 0.418 e. The molecule has 9 nitrogen and oxygen atoms in total. The van der Waals surface area contributed by atoms with E-state index in [0.717, 1.165) is 12.1 Å². The summed E-state index contributed by atoms with van der Waals surface area (Å²) in [4.78, 5) is 19.4. The van der Waals surface area contributed by atoms with Gasteiger partial charge in [-0.15, -0.1) is 0 Å². The summed E-state index contributed by atoms with van der Waals surface area (Å²) in [5, 5.41) is 13.5. The normalized spacial score (nSPS) is 16.8. The Kier molecular flexibility index (Phi) is 6.46. The van der Waals surface area contributed by atoms with Crippen LogP contribution in [0.2, 0.25) is 5.02 Å². The Balaban J connectivity index is 3.23. The van der Waals surface area contributed by atoms with E-state index in [-0.39, 0.29) is 21.8 Å². The molecule has 0 saturated heterocycles. The van der Waals surface area contributed by atoms with Gasteiger partial charge in [0, 0.05) is 17.1 Å². The van der Waals surface area contributed by atoms with Crippen molar-refractivity contribution in [2.24, 2.45) is 5.50 Å². The maximum atomic E-state index is 12.6. The Hall–Kier alpha value is -0.600. The van der Waals surface area contributed by atoms with Crippen molar-refractivity contribution in [3.05, 3.63) is 33.3 Å². The number of nitrogens with one attached hydrogen (secondary N) is 1. The van der Waals surface area contributed by atoms with Gasteiger partial charge in [-0.25, -0.2) is 9.65 Å². The van der Waals surface area contributed by atoms with E-state index in [9.17, 15) is 24.1 Å². The van der Waals surface area contributed by atoms with E-state index in [1.165, 1.54) is 6.07 Å². The zero-order valence-corrected chi connectivity index (χ0v) is 14.9. The molecule has 0 aromatic heterocycles. The zero-order chi connectivity index (χ0) is 17.1. The van der Waals surface area contributed by atoms with E-state index in [4.69, 9.17) is 21.6 Å². The fourth-order valence-corrected chi connectivity index (χ4v) is 8.57. The zero-order valence-electron chi connectivity index (χ0n) is 11.5. The molecule has 0 bridgehead atoms. The first kappa shape index (κ1) is 19.4. The van der Waals surface area contributed by atoms with Crippen molar-refractivity contribution in [2.75, 3.05) is 0 Å². The molecule has 1 aromatic rings. The number of nitro benzene ring substituents is 1. The predicted molar refractivity (Wildman–Crippen MR) is 86.2 cm³/mol. The molecular weight excluding hydrogens is 376 g/mol. The molecule has 0 aliphatic heterocycles. The van der Waals surface area contributed by atoms with Crippen LogP contribution in [0.3, 0.4) is 0 Å². The summed E-state index contributed by atoms with van der Waals surface area (Å²) >= 11 is 5.68. The van der Waals surface area contributed by atoms with Crippen molar-refractivity contribution in [1.82, 2.24) is 5.09 Å². The number of hydrogen-bond donors (Lipinski definition) is 3. The minimum absolute atomic E-state index is 0.00748. The third kappa shape index (κ3) is 6.26.